The van der Waals surface area contributed by atoms with Crippen LogP contribution in [0.2, 0.25) is 0 Å². The highest BCUT2D eigenvalue weighted by molar-refractivity contribution is 6.98. The third kappa shape index (κ3) is 3.40. The molecule has 0 unspecified atom stereocenters. The summed E-state index contributed by atoms with van der Waals surface area (Å²) in [4.78, 5) is 2.02. The quantitative estimate of drug-likeness (QED) is 0.303. The van der Waals surface area contributed by atoms with Crippen molar-refractivity contribution in [2.45, 2.75) is 0 Å². The number of para-hydroxylation sites is 2. The van der Waals surface area contributed by atoms with Gasteiger partial charge in [-0.3, -0.25) is 0 Å². The van der Waals surface area contributed by atoms with Crippen LogP contribution in [0.25, 0.3) is 0 Å². The van der Waals surface area contributed by atoms with E-state index in [1.165, 1.54) is 0 Å². The molecule has 0 amide bonds. The van der Waals surface area contributed by atoms with Gasteiger partial charge in [-0.25, -0.2) is 0 Å². The lowest BCUT2D eigenvalue weighted by atomic mass is 9.35. The average Bonchev–Trinajstić information content (AvgIpc) is 2.97. The van der Waals surface area contributed by atoms with E-state index in [0.29, 0.717) is 22.6 Å². The Kier molecular flexibility index (Phi) is 4.93. The molecule has 7 rings (SSSR count). The van der Waals surface area contributed by atoms with E-state index in [-0.39, 0.29) is 6.71 Å². The van der Waals surface area contributed by atoms with Crippen LogP contribution in [-0.4, -0.2) is 6.71 Å². The zero-order valence-electron chi connectivity index (χ0n) is 20.1. The second kappa shape index (κ2) is 8.59. The van der Waals surface area contributed by atoms with Crippen LogP contribution in [0.5, 0.6) is 23.0 Å². The first-order chi connectivity index (χ1) is 18.7. The predicted molar refractivity (Wildman–Crippen MR) is 148 cm³/mol. The summed E-state index contributed by atoms with van der Waals surface area (Å²) in [6, 6.07) is 39.5. The van der Waals surface area contributed by atoms with Gasteiger partial charge < -0.3 is 14.4 Å². The molecule has 0 N–H and O–H groups in total. The lowest BCUT2D eigenvalue weighted by Gasteiger charge is -2.34. The van der Waals surface area contributed by atoms with E-state index < -0.39 is 0 Å². The van der Waals surface area contributed by atoms with Crippen LogP contribution < -0.4 is 30.8 Å². The van der Waals surface area contributed by atoms with Gasteiger partial charge in [-0.05, 0) is 59.5 Å². The molecule has 6 heteroatoms. The molecular formula is C32H18BN3O2. The monoisotopic (exact) mass is 487 g/mol. The van der Waals surface area contributed by atoms with Crippen molar-refractivity contribution in [1.82, 2.24) is 0 Å². The molecule has 2 aliphatic heterocycles. The molecule has 0 saturated heterocycles. The zero-order valence-corrected chi connectivity index (χ0v) is 20.1. The third-order valence-electron chi connectivity index (χ3n) is 7.00. The van der Waals surface area contributed by atoms with Crippen molar-refractivity contribution < 1.29 is 9.47 Å². The Labute approximate surface area is 220 Å². The van der Waals surface area contributed by atoms with Crippen LogP contribution in [0, 0.1) is 22.7 Å². The maximum absolute atomic E-state index is 9.58. The van der Waals surface area contributed by atoms with Gasteiger partial charge in [-0.1, -0.05) is 48.5 Å². The molecule has 5 nitrogen and oxygen atoms in total. The van der Waals surface area contributed by atoms with Crippen molar-refractivity contribution in [2.75, 3.05) is 4.90 Å². The fraction of sp³-hybridized carbons (Fsp3) is 0. The molecule has 2 heterocycles. The van der Waals surface area contributed by atoms with E-state index in [9.17, 15) is 10.5 Å². The first-order valence-corrected chi connectivity index (χ1v) is 12.3. The van der Waals surface area contributed by atoms with Gasteiger partial charge in [0.15, 0.2) is 0 Å². The number of ether oxygens (including phenoxy) is 2. The lowest BCUT2D eigenvalue weighted by Crippen LogP contribution is -2.57. The predicted octanol–water partition coefficient (Wildman–Crippen LogP) is 5.63. The van der Waals surface area contributed by atoms with Gasteiger partial charge in [0.1, 0.15) is 23.0 Å². The van der Waals surface area contributed by atoms with E-state index in [2.05, 4.69) is 24.3 Å². The number of anilines is 3. The standard InChI is InChI=1S/C32H18BN3O2/c34-19-21-7-5-9-23(15-21)36(24-10-6-8-22(16-24)20-35)25-17-30-32-31(18-25)38-29-14-4-2-12-27(29)33(32)26-11-1-3-13-28(26)37-30/h1-18H. The number of benzene rings is 5. The van der Waals surface area contributed by atoms with Gasteiger partial charge in [0.25, 0.3) is 6.71 Å². The van der Waals surface area contributed by atoms with Crippen LogP contribution >= 0.6 is 0 Å². The summed E-state index contributed by atoms with van der Waals surface area (Å²) in [5.74, 6) is 3.06. The third-order valence-corrected chi connectivity index (χ3v) is 7.00. The van der Waals surface area contributed by atoms with Crippen molar-refractivity contribution in [3.63, 3.8) is 0 Å². The van der Waals surface area contributed by atoms with Gasteiger partial charge in [0.05, 0.1) is 29.0 Å². The minimum absolute atomic E-state index is 0.0127. The molecule has 0 atom stereocenters. The van der Waals surface area contributed by atoms with Gasteiger partial charge >= 0.3 is 0 Å². The summed E-state index contributed by atoms with van der Waals surface area (Å²) < 4.78 is 13.0. The summed E-state index contributed by atoms with van der Waals surface area (Å²) in [7, 11) is 0. The Morgan fingerprint density at radius 3 is 1.53 bits per heavy atom. The van der Waals surface area contributed by atoms with Gasteiger partial charge in [-0.2, -0.15) is 10.5 Å². The molecule has 0 aliphatic carbocycles. The minimum Gasteiger partial charge on any atom is -0.458 e. The summed E-state index contributed by atoms with van der Waals surface area (Å²) in [5.41, 5.74) is 6.64. The van der Waals surface area contributed by atoms with Crippen molar-refractivity contribution in [2.24, 2.45) is 0 Å². The molecule has 0 spiro atoms. The molecule has 0 fully saturated rings. The number of nitrogens with zero attached hydrogens (tertiary/aromatic N) is 3. The SMILES string of the molecule is N#Cc1cccc(N(c2cccc(C#N)c2)c2cc3c4c(c2)Oc2ccccc2B4c2ccccc2O3)c1. The molecule has 38 heavy (non-hydrogen) atoms. The van der Waals surface area contributed by atoms with Crippen LogP contribution in [0.15, 0.2) is 109 Å². The highest BCUT2D eigenvalue weighted by Gasteiger charge is 2.40. The molecule has 2 aliphatic rings. The Morgan fingerprint density at radius 1 is 0.526 bits per heavy atom. The van der Waals surface area contributed by atoms with Crippen molar-refractivity contribution in [1.29, 1.82) is 10.5 Å². The molecular weight excluding hydrogens is 469 g/mol. The van der Waals surface area contributed by atoms with Crippen molar-refractivity contribution in [3.8, 4) is 35.1 Å². The van der Waals surface area contributed by atoms with Crippen LogP contribution in [0.3, 0.4) is 0 Å². The summed E-state index contributed by atoms with van der Waals surface area (Å²) in [5, 5.41) is 19.2. The largest absolute Gasteiger partial charge is 0.458 e. The normalized spacial score (nSPS) is 12.0. The van der Waals surface area contributed by atoms with E-state index >= 15 is 0 Å². The molecule has 5 aromatic rings. The molecule has 0 bridgehead atoms. The van der Waals surface area contributed by atoms with Crippen molar-refractivity contribution in [3.05, 3.63) is 120 Å². The minimum atomic E-state index is -0.0127. The Bertz CT molecular complexity index is 1710. The summed E-state index contributed by atoms with van der Waals surface area (Å²) in [6.07, 6.45) is 0. The zero-order chi connectivity index (χ0) is 25.6. The number of nitriles is 2. The Morgan fingerprint density at radius 2 is 1.03 bits per heavy atom. The van der Waals surface area contributed by atoms with E-state index in [0.717, 1.165) is 44.9 Å². The number of fused-ring (bicyclic) bond motifs is 4. The molecule has 0 aromatic heterocycles. The van der Waals surface area contributed by atoms with Crippen LogP contribution in [0.1, 0.15) is 11.1 Å². The van der Waals surface area contributed by atoms with E-state index in [1.54, 1.807) is 12.1 Å². The molecule has 5 aromatic carbocycles. The Hall–Kier alpha value is -5.46. The van der Waals surface area contributed by atoms with Gasteiger partial charge in [0.2, 0.25) is 0 Å². The molecule has 0 radical (unpaired) electrons. The van der Waals surface area contributed by atoms with Crippen LogP contribution in [0.4, 0.5) is 17.1 Å². The first kappa shape index (κ1) is 21.8. The second-order valence-electron chi connectivity index (χ2n) is 9.23. The van der Waals surface area contributed by atoms with E-state index in [1.807, 2.05) is 89.8 Å². The van der Waals surface area contributed by atoms with Gasteiger partial charge in [-0.15, -0.1) is 0 Å². The van der Waals surface area contributed by atoms with Gasteiger partial charge in [0, 0.05) is 29.0 Å². The number of hydrogen-bond acceptors (Lipinski definition) is 5. The first-order valence-electron chi connectivity index (χ1n) is 12.3. The van der Waals surface area contributed by atoms with Crippen LogP contribution in [-0.2, 0) is 0 Å². The highest BCUT2D eigenvalue weighted by atomic mass is 16.5. The van der Waals surface area contributed by atoms with Crippen molar-refractivity contribution >= 4 is 40.2 Å². The highest BCUT2D eigenvalue weighted by Crippen LogP contribution is 2.42. The molecule has 176 valence electrons. The van der Waals surface area contributed by atoms with E-state index in [4.69, 9.17) is 9.47 Å². The number of hydrogen-bond donors (Lipinski definition) is 0. The fourth-order valence-electron chi connectivity index (χ4n) is 5.39. The smallest absolute Gasteiger partial charge is 0.260 e. The summed E-state index contributed by atoms with van der Waals surface area (Å²) in [6.45, 7) is -0.0127. The summed E-state index contributed by atoms with van der Waals surface area (Å²) >= 11 is 0. The maximum atomic E-state index is 9.58. The lowest BCUT2D eigenvalue weighted by molar-refractivity contribution is 0.465. The molecule has 0 saturated carbocycles. The maximum Gasteiger partial charge on any atom is 0.260 e. The fourth-order valence-corrected chi connectivity index (χ4v) is 5.39. The second-order valence-corrected chi connectivity index (χ2v) is 9.23. The topological polar surface area (TPSA) is 69.3 Å². The number of rotatable bonds is 3. The average molecular weight is 487 g/mol. The Balaban J connectivity index is 1.47.